The maximum atomic E-state index is 14.6. The molecular formula is C32H37F2N7O6. The molecule has 250 valence electrons. The van der Waals surface area contributed by atoms with Crippen LogP contribution in [0, 0.1) is 11.6 Å². The van der Waals surface area contributed by atoms with Gasteiger partial charge < -0.3 is 39.4 Å². The molecule has 0 bridgehead atoms. The van der Waals surface area contributed by atoms with Gasteiger partial charge in [0, 0.05) is 83.2 Å². The van der Waals surface area contributed by atoms with E-state index in [9.17, 15) is 33.1 Å². The van der Waals surface area contributed by atoms with Crippen molar-refractivity contribution in [1.82, 2.24) is 24.3 Å². The van der Waals surface area contributed by atoms with Crippen LogP contribution in [0.5, 0.6) is 0 Å². The minimum absolute atomic E-state index is 0.0110. The largest absolute Gasteiger partial charge is 0.477 e. The Bertz CT molecular complexity index is 1960. The number of likely N-dealkylation sites (N-methyl/N-ethyl adjacent to an activating group) is 1. The summed E-state index contributed by atoms with van der Waals surface area (Å²) in [5, 5.41) is 21.6. The number of aromatic carboxylic acids is 2. The van der Waals surface area contributed by atoms with Crippen molar-refractivity contribution >= 4 is 45.4 Å². The number of anilines is 2. The molecule has 0 atom stereocenters. The molecule has 5 heterocycles. The number of rotatable bonds is 6. The van der Waals surface area contributed by atoms with Crippen molar-refractivity contribution in [2.45, 2.75) is 26.9 Å². The van der Waals surface area contributed by atoms with Crippen LogP contribution in [0.4, 0.5) is 20.3 Å². The molecule has 0 unspecified atom stereocenters. The van der Waals surface area contributed by atoms with E-state index in [1.165, 1.54) is 18.5 Å². The summed E-state index contributed by atoms with van der Waals surface area (Å²) in [6.07, 6.45) is 2.60. The first-order valence-electron chi connectivity index (χ1n) is 15.4. The van der Waals surface area contributed by atoms with Crippen LogP contribution in [-0.4, -0.2) is 101 Å². The monoisotopic (exact) mass is 653 g/mol. The first-order chi connectivity index (χ1) is 22.4. The van der Waals surface area contributed by atoms with E-state index in [1.807, 2.05) is 30.7 Å². The molecule has 0 amide bonds. The number of nitrogens with zero attached hydrogens (tertiary/aromatic N) is 6. The van der Waals surface area contributed by atoms with Crippen LogP contribution in [-0.2, 0) is 13.1 Å². The number of carbonyl (C=O) groups is 2. The third-order valence-electron chi connectivity index (χ3n) is 8.54. The van der Waals surface area contributed by atoms with Gasteiger partial charge in [0.25, 0.3) is 0 Å². The van der Waals surface area contributed by atoms with E-state index in [1.54, 1.807) is 15.2 Å². The molecule has 2 fully saturated rings. The second-order valence-corrected chi connectivity index (χ2v) is 11.4. The molecule has 0 saturated carbocycles. The summed E-state index contributed by atoms with van der Waals surface area (Å²) in [5.74, 6) is -3.53. The fourth-order valence-electron chi connectivity index (χ4n) is 5.87. The molecule has 0 spiro atoms. The molecule has 47 heavy (non-hydrogen) atoms. The molecule has 2 aliphatic heterocycles. The quantitative estimate of drug-likeness (QED) is 0.281. The Kier molecular flexibility index (Phi) is 9.86. The molecule has 15 heteroatoms. The van der Waals surface area contributed by atoms with Gasteiger partial charge >= 0.3 is 11.9 Å². The number of halogens is 2. The maximum absolute atomic E-state index is 14.6. The summed E-state index contributed by atoms with van der Waals surface area (Å²) < 4.78 is 32.3. The van der Waals surface area contributed by atoms with Crippen molar-refractivity contribution in [2.75, 3.05) is 69.2 Å². The van der Waals surface area contributed by atoms with Crippen molar-refractivity contribution in [2.24, 2.45) is 0 Å². The van der Waals surface area contributed by atoms with Gasteiger partial charge in [0.05, 0.1) is 16.6 Å². The molecule has 2 aliphatic rings. The Balaban J connectivity index is 0.000000185. The predicted octanol–water partition coefficient (Wildman–Crippen LogP) is 2.27. The average Bonchev–Trinajstić information content (AvgIpc) is 3.06. The first-order valence-corrected chi connectivity index (χ1v) is 15.4. The SMILES string of the molecule is CCn1cc(C(=O)O)c(=O)c2cc(F)c(N3CCN(C)CC3)cc21.CCn1cc(C(=O)O)c(=O)c2cc(F)c(N3CCNCC3)nc21. The lowest BCUT2D eigenvalue weighted by atomic mass is 10.1. The Morgan fingerprint density at radius 2 is 1.34 bits per heavy atom. The zero-order valence-electron chi connectivity index (χ0n) is 26.4. The van der Waals surface area contributed by atoms with Gasteiger partial charge in [0.15, 0.2) is 11.6 Å². The van der Waals surface area contributed by atoms with Gasteiger partial charge in [-0.1, -0.05) is 0 Å². The minimum Gasteiger partial charge on any atom is -0.477 e. The molecule has 6 rings (SSSR count). The molecule has 0 aliphatic carbocycles. The van der Waals surface area contributed by atoms with Crippen molar-refractivity contribution in [3.8, 4) is 0 Å². The van der Waals surface area contributed by atoms with Gasteiger partial charge in [-0.05, 0) is 39.1 Å². The van der Waals surface area contributed by atoms with Crippen LogP contribution < -0.4 is 26.0 Å². The Hall–Kier alpha value is -4.89. The zero-order chi connectivity index (χ0) is 34.0. The minimum atomic E-state index is -1.33. The van der Waals surface area contributed by atoms with Crippen molar-refractivity contribution in [3.63, 3.8) is 0 Å². The highest BCUT2D eigenvalue weighted by Gasteiger charge is 2.23. The molecule has 3 aromatic heterocycles. The summed E-state index contributed by atoms with van der Waals surface area (Å²) in [7, 11) is 2.02. The van der Waals surface area contributed by atoms with Crippen LogP contribution >= 0.6 is 0 Å². The number of piperazine rings is 2. The third-order valence-corrected chi connectivity index (χ3v) is 8.54. The van der Waals surface area contributed by atoms with Crippen molar-refractivity contribution in [3.05, 3.63) is 73.8 Å². The van der Waals surface area contributed by atoms with Gasteiger partial charge in [-0.2, -0.15) is 0 Å². The number of aryl methyl sites for hydroxylation is 2. The van der Waals surface area contributed by atoms with Gasteiger partial charge in [-0.15, -0.1) is 0 Å². The van der Waals surface area contributed by atoms with Crippen molar-refractivity contribution < 1.29 is 28.6 Å². The predicted molar refractivity (Wildman–Crippen MR) is 174 cm³/mol. The fraction of sp³-hybridized carbons (Fsp3) is 0.406. The topological polar surface area (TPSA) is 153 Å². The fourth-order valence-corrected chi connectivity index (χ4v) is 5.87. The van der Waals surface area contributed by atoms with E-state index >= 15 is 0 Å². The summed E-state index contributed by atoms with van der Waals surface area (Å²) in [6, 6.07) is 3.93. The molecule has 0 radical (unpaired) electrons. The van der Waals surface area contributed by atoms with Gasteiger partial charge in [0.1, 0.15) is 22.6 Å². The van der Waals surface area contributed by atoms with E-state index in [0.717, 1.165) is 32.2 Å². The number of hydrogen-bond acceptors (Lipinski definition) is 9. The first kappa shape index (κ1) is 33.5. The Morgan fingerprint density at radius 3 is 1.91 bits per heavy atom. The summed E-state index contributed by atoms with van der Waals surface area (Å²) in [5.41, 5.74) is -0.756. The Labute approximate surface area is 268 Å². The summed E-state index contributed by atoms with van der Waals surface area (Å²) in [6.45, 7) is 10.4. The normalized spacial score (nSPS) is 15.5. The van der Waals surface area contributed by atoms with E-state index in [-0.39, 0.29) is 27.7 Å². The van der Waals surface area contributed by atoms with E-state index in [0.29, 0.717) is 56.1 Å². The summed E-state index contributed by atoms with van der Waals surface area (Å²) in [4.78, 5) is 57.3. The highest BCUT2D eigenvalue weighted by molar-refractivity contribution is 5.94. The van der Waals surface area contributed by atoms with Crippen LogP contribution in [0.1, 0.15) is 34.6 Å². The number of carboxylic acid groups (broad SMARTS) is 2. The zero-order valence-corrected chi connectivity index (χ0v) is 26.4. The van der Waals surface area contributed by atoms with E-state index in [2.05, 4.69) is 15.2 Å². The highest BCUT2D eigenvalue weighted by atomic mass is 19.1. The number of pyridine rings is 3. The summed E-state index contributed by atoms with van der Waals surface area (Å²) >= 11 is 0. The lowest BCUT2D eigenvalue weighted by molar-refractivity contribution is 0.0684. The van der Waals surface area contributed by atoms with Crippen LogP contribution in [0.2, 0.25) is 0 Å². The highest BCUT2D eigenvalue weighted by Crippen LogP contribution is 2.26. The second kappa shape index (κ2) is 13.8. The van der Waals surface area contributed by atoms with Gasteiger partial charge in [-0.25, -0.2) is 23.4 Å². The number of carboxylic acids is 2. The molecule has 13 nitrogen and oxygen atoms in total. The van der Waals surface area contributed by atoms with Crippen LogP contribution in [0.15, 0.2) is 40.2 Å². The molecular weight excluding hydrogens is 616 g/mol. The van der Waals surface area contributed by atoms with E-state index in [4.69, 9.17) is 5.11 Å². The van der Waals surface area contributed by atoms with Crippen molar-refractivity contribution in [1.29, 1.82) is 0 Å². The standard InChI is InChI=1S/C17H20FN3O3.C15H17FN4O3/c1-3-20-10-12(17(23)24)16(22)11-8-13(18)15(9-14(11)20)21-6-4-19(2)5-7-21;1-2-19-8-10(15(22)23)12(21)9-7-11(16)14(18-13(9)19)20-5-3-17-4-6-20/h8-10H,3-7H2,1-2H3,(H,23,24);7-8,17H,2-6H2,1H3,(H,22,23). The molecule has 1 aromatic carbocycles. The van der Waals surface area contributed by atoms with Gasteiger partial charge in [0.2, 0.25) is 10.9 Å². The number of fused-ring (bicyclic) bond motifs is 2. The lowest BCUT2D eigenvalue weighted by Crippen LogP contribution is -2.44. The molecule has 4 aromatic rings. The second-order valence-electron chi connectivity index (χ2n) is 11.4. The third kappa shape index (κ3) is 6.67. The number of hydrogen-bond donors (Lipinski definition) is 3. The number of aromatic nitrogens is 3. The van der Waals surface area contributed by atoms with Crippen LogP contribution in [0.25, 0.3) is 21.9 Å². The average molecular weight is 654 g/mol. The number of nitrogens with one attached hydrogen (secondary N) is 1. The number of benzene rings is 1. The Morgan fingerprint density at radius 1 is 0.787 bits per heavy atom. The van der Waals surface area contributed by atoms with Gasteiger partial charge in [-0.3, -0.25) is 9.59 Å². The molecule has 3 N–H and O–H groups in total. The molecule has 2 saturated heterocycles. The maximum Gasteiger partial charge on any atom is 0.341 e. The van der Waals surface area contributed by atoms with Crippen LogP contribution in [0.3, 0.4) is 0 Å². The lowest BCUT2D eigenvalue weighted by Gasteiger charge is -2.34. The van der Waals surface area contributed by atoms with E-state index < -0.39 is 34.4 Å². The smallest absolute Gasteiger partial charge is 0.341 e.